The fraction of sp³-hybridized carbons (Fsp3) is 0.190. The van der Waals surface area contributed by atoms with Crippen molar-refractivity contribution >= 4 is 28.2 Å². The van der Waals surface area contributed by atoms with Gasteiger partial charge in [0.2, 0.25) is 0 Å². The normalized spacial score (nSPS) is 13.2. The Bertz CT molecular complexity index is 1270. The lowest BCUT2D eigenvalue weighted by Gasteiger charge is -2.11. The third-order valence-electron chi connectivity index (χ3n) is 5.30. The number of aromatic amines is 1. The van der Waals surface area contributed by atoms with Gasteiger partial charge >= 0.3 is 0 Å². The smallest absolute Gasteiger partial charge is 0.276 e. The maximum absolute atomic E-state index is 12.8. The predicted octanol–water partition coefficient (Wildman–Crippen LogP) is 3.92. The molecule has 2 aromatic heterocycles. The van der Waals surface area contributed by atoms with Gasteiger partial charge in [0.15, 0.2) is 5.69 Å². The number of amides is 1. The first kappa shape index (κ1) is 18.0. The van der Waals surface area contributed by atoms with Crippen molar-refractivity contribution in [2.45, 2.75) is 25.8 Å². The first-order valence-corrected chi connectivity index (χ1v) is 9.69. The van der Waals surface area contributed by atoms with Crippen molar-refractivity contribution in [2.24, 2.45) is 0 Å². The molecule has 0 saturated heterocycles. The number of nitro benzene ring substituents is 1. The fourth-order valence-electron chi connectivity index (χ4n) is 3.79. The van der Waals surface area contributed by atoms with Crippen LogP contribution >= 0.6 is 0 Å². The number of nitro groups is 1. The topological polar surface area (TPSA) is 119 Å². The third-order valence-corrected chi connectivity index (χ3v) is 5.30. The average molecular weight is 402 g/mol. The molecule has 0 atom stereocenters. The lowest BCUT2D eigenvalue weighted by atomic mass is 10.1. The van der Waals surface area contributed by atoms with E-state index in [1.165, 1.54) is 12.1 Å². The van der Waals surface area contributed by atoms with E-state index in [-0.39, 0.29) is 11.4 Å². The van der Waals surface area contributed by atoms with Gasteiger partial charge < -0.3 is 9.88 Å². The van der Waals surface area contributed by atoms with Crippen molar-refractivity contribution in [3.05, 3.63) is 70.3 Å². The zero-order valence-electron chi connectivity index (χ0n) is 16.0. The Hall–Kier alpha value is -4.01. The number of non-ortho nitro benzene ring substituents is 1. The molecule has 0 spiro atoms. The number of nitrogens with one attached hydrogen (secondary N) is 2. The standard InChI is InChI=1S/C21H18N6O3/c28-21(20-16-11-15(27(29)30)7-8-17(16)24-25-20)22-14-5-3-4-13(10-14)18-12-26-9-2-1-6-19(26)23-18/h3-5,7-8,10-12H,1-2,6,9H2,(H,22,28)(H,24,25). The maximum atomic E-state index is 12.8. The van der Waals surface area contributed by atoms with Crippen molar-refractivity contribution in [3.63, 3.8) is 0 Å². The van der Waals surface area contributed by atoms with Gasteiger partial charge in [-0.15, -0.1) is 0 Å². The van der Waals surface area contributed by atoms with E-state index >= 15 is 0 Å². The van der Waals surface area contributed by atoms with E-state index in [2.05, 4.69) is 26.3 Å². The molecule has 150 valence electrons. The molecule has 1 aliphatic rings. The molecule has 0 saturated carbocycles. The highest BCUT2D eigenvalue weighted by molar-refractivity contribution is 6.11. The minimum Gasteiger partial charge on any atom is -0.334 e. The fourth-order valence-corrected chi connectivity index (χ4v) is 3.79. The van der Waals surface area contributed by atoms with Gasteiger partial charge in [0.25, 0.3) is 11.6 Å². The first-order valence-electron chi connectivity index (χ1n) is 9.69. The molecule has 9 nitrogen and oxygen atoms in total. The first-order chi connectivity index (χ1) is 14.6. The number of nitrogens with zero attached hydrogens (tertiary/aromatic N) is 4. The highest BCUT2D eigenvalue weighted by atomic mass is 16.6. The molecule has 0 radical (unpaired) electrons. The second kappa shape index (κ2) is 7.11. The van der Waals surface area contributed by atoms with Gasteiger partial charge in [0, 0.05) is 47.9 Å². The number of anilines is 1. The number of aromatic nitrogens is 4. The summed E-state index contributed by atoms with van der Waals surface area (Å²) in [7, 11) is 0. The summed E-state index contributed by atoms with van der Waals surface area (Å²) in [6.07, 6.45) is 5.35. The van der Waals surface area contributed by atoms with Crippen molar-refractivity contribution in [2.75, 3.05) is 5.32 Å². The summed E-state index contributed by atoms with van der Waals surface area (Å²) < 4.78 is 2.19. The van der Waals surface area contributed by atoms with Crippen molar-refractivity contribution in [1.29, 1.82) is 0 Å². The summed E-state index contributed by atoms with van der Waals surface area (Å²) in [6, 6.07) is 11.7. The molecule has 0 unspecified atom stereocenters. The number of aryl methyl sites for hydroxylation is 2. The summed E-state index contributed by atoms with van der Waals surface area (Å²) in [5.41, 5.74) is 2.97. The van der Waals surface area contributed by atoms with E-state index in [0.29, 0.717) is 16.6 Å². The van der Waals surface area contributed by atoms with E-state index in [9.17, 15) is 14.9 Å². The summed E-state index contributed by atoms with van der Waals surface area (Å²) in [5.74, 6) is 0.651. The quantitative estimate of drug-likeness (QED) is 0.396. The highest BCUT2D eigenvalue weighted by Gasteiger charge is 2.18. The van der Waals surface area contributed by atoms with Crippen LogP contribution in [0.3, 0.4) is 0 Å². The number of rotatable bonds is 4. The Morgan fingerprint density at radius 3 is 2.93 bits per heavy atom. The molecule has 0 bridgehead atoms. The Balaban J connectivity index is 1.42. The third kappa shape index (κ3) is 3.20. The van der Waals surface area contributed by atoms with E-state index in [1.54, 1.807) is 12.1 Å². The van der Waals surface area contributed by atoms with E-state index in [4.69, 9.17) is 4.98 Å². The van der Waals surface area contributed by atoms with E-state index in [0.717, 1.165) is 42.9 Å². The van der Waals surface area contributed by atoms with E-state index in [1.807, 2.05) is 18.2 Å². The molecule has 9 heteroatoms. The lowest BCUT2D eigenvalue weighted by Crippen LogP contribution is -2.12. The molecule has 0 aliphatic carbocycles. The minimum absolute atomic E-state index is 0.0938. The number of hydrogen-bond donors (Lipinski definition) is 2. The van der Waals surface area contributed by atoms with E-state index < -0.39 is 10.8 Å². The Morgan fingerprint density at radius 2 is 2.10 bits per heavy atom. The Morgan fingerprint density at radius 1 is 1.20 bits per heavy atom. The highest BCUT2D eigenvalue weighted by Crippen LogP contribution is 2.26. The van der Waals surface area contributed by atoms with Crippen molar-refractivity contribution in [1.82, 2.24) is 19.7 Å². The van der Waals surface area contributed by atoms with Gasteiger partial charge in [-0.05, 0) is 31.0 Å². The van der Waals surface area contributed by atoms with Crippen LogP contribution in [0.2, 0.25) is 0 Å². The van der Waals surface area contributed by atoms with Crippen LogP contribution in [-0.4, -0.2) is 30.6 Å². The molecule has 2 N–H and O–H groups in total. The summed E-state index contributed by atoms with van der Waals surface area (Å²) >= 11 is 0. The summed E-state index contributed by atoms with van der Waals surface area (Å²) in [4.78, 5) is 28.1. The molecule has 2 aromatic carbocycles. The average Bonchev–Trinajstić information content (AvgIpc) is 3.37. The zero-order chi connectivity index (χ0) is 20.7. The van der Waals surface area contributed by atoms with Crippen LogP contribution < -0.4 is 5.32 Å². The Kier molecular flexibility index (Phi) is 4.27. The second-order valence-electron chi connectivity index (χ2n) is 7.29. The number of fused-ring (bicyclic) bond motifs is 2. The predicted molar refractivity (Wildman–Crippen MR) is 111 cm³/mol. The zero-order valence-corrected chi connectivity index (χ0v) is 16.0. The van der Waals surface area contributed by atoms with Gasteiger partial charge in [-0.2, -0.15) is 5.10 Å². The molecular formula is C21H18N6O3. The molecular weight excluding hydrogens is 384 g/mol. The summed E-state index contributed by atoms with van der Waals surface area (Å²) in [5, 5.41) is 21.1. The van der Waals surface area contributed by atoms with Crippen LogP contribution in [-0.2, 0) is 13.0 Å². The SMILES string of the molecule is O=C(Nc1cccc(-c2cn3c(n2)CCCC3)c1)c1n[nH]c2ccc([N+](=O)[O-])cc12. The molecule has 30 heavy (non-hydrogen) atoms. The molecule has 5 rings (SSSR count). The van der Waals surface area contributed by atoms with Gasteiger partial charge in [-0.25, -0.2) is 4.98 Å². The lowest BCUT2D eigenvalue weighted by molar-refractivity contribution is -0.384. The van der Waals surface area contributed by atoms with Gasteiger partial charge in [-0.1, -0.05) is 12.1 Å². The van der Waals surface area contributed by atoms with Gasteiger partial charge in [-0.3, -0.25) is 20.0 Å². The number of H-pyrrole nitrogens is 1. The minimum atomic E-state index is -0.498. The van der Waals surface area contributed by atoms with Crippen LogP contribution in [0.4, 0.5) is 11.4 Å². The van der Waals surface area contributed by atoms with Crippen LogP contribution in [0.25, 0.3) is 22.2 Å². The molecule has 0 fully saturated rings. The number of carbonyl (C=O) groups excluding carboxylic acids is 1. The van der Waals surface area contributed by atoms with Gasteiger partial charge in [0.1, 0.15) is 5.82 Å². The van der Waals surface area contributed by atoms with Crippen LogP contribution in [0.15, 0.2) is 48.7 Å². The number of benzene rings is 2. The van der Waals surface area contributed by atoms with Crippen LogP contribution in [0.1, 0.15) is 29.2 Å². The maximum Gasteiger partial charge on any atom is 0.276 e. The second-order valence-corrected chi connectivity index (χ2v) is 7.29. The van der Waals surface area contributed by atoms with Crippen LogP contribution in [0, 0.1) is 10.1 Å². The molecule has 1 amide bonds. The number of carbonyl (C=O) groups is 1. The molecule has 1 aliphatic heterocycles. The monoisotopic (exact) mass is 402 g/mol. The molecule has 4 aromatic rings. The largest absolute Gasteiger partial charge is 0.334 e. The molecule has 3 heterocycles. The number of imidazole rings is 1. The number of hydrogen-bond acceptors (Lipinski definition) is 5. The summed E-state index contributed by atoms with van der Waals surface area (Å²) in [6.45, 7) is 0.983. The van der Waals surface area contributed by atoms with Crippen molar-refractivity contribution in [3.8, 4) is 11.3 Å². The van der Waals surface area contributed by atoms with Crippen molar-refractivity contribution < 1.29 is 9.72 Å². The van der Waals surface area contributed by atoms with Gasteiger partial charge in [0.05, 0.1) is 16.1 Å². The van der Waals surface area contributed by atoms with Crippen LogP contribution in [0.5, 0.6) is 0 Å². The Labute approximate surface area is 170 Å².